The van der Waals surface area contributed by atoms with Crippen molar-refractivity contribution in [3.05, 3.63) is 196 Å². The van der Waals surface area contributed by atoms with Gasteiger partial charge in [-0.15, -0.1) is 0 Å². The lowest BCUT2D eigenvalue weighted by molar-refractivity contribution is -0.130. The molecule has 6 unspecified atom stereocenters. The van der Waals surface area contributed by atoms with Gasteiger partial charge in [0, 0.05) is 131 Å². The van der Waals surface area contributed by atoms with Crippen LogP contribution in [0.15, 0.2) is 160 Å². The maximum absolute atomic E-state index is 13.7. The molecule has 0 aromatic heterocycles. The van der Waals surface area contributed by atoms with E-state index < -0.39 is 102 Å². The molecule has 6 rings (SSSR count). The largest absolute Gasteiger partial charge is 0.390 e. The highest BCUT2D eigenvalue weighted by Crippen LogP contribution is 2.24. The summed E-state index contributed by atoms with van der Waals surface area (Å²) in [7, 11) is -11.1. The summed E-state index contributed by atoms with van der Waals surface area (Å²) < 4.78 is 74.0. The lowest BCUT2D eigenvalue weighted by atomic mass is 10.00. The van der Waals surface area contributed by atoms with Crippen molar-refractivity contribution >= 4 is 83.2 Å². The van der Waals surface area contributed by atoms with Crippen LogP contribution in [0.3, 0.4) is 0 Å². The van der Waals surface area contributed by atoms with Crippen molar-refractivity contribution < 1.29 is 83.7 Å². The molecule has 6 aromatic rings. The number of nitrogens with one attached hydrogen (secondary N) is 6. The normalized spacial score (nSPS) is 13.0. The third-order valence-corrected chi connectivity index (χ3v) is 23.0. The Morgan fingerprint density at radius 2 is 0.636 bits per heavy atom. The van der Waals surface area contributed by atoms with E-state index >= 15 is 0 Å². The number of aliphatic hydroxyl groups is 3. The van der Waals surface area contributed by atoms with Crippen molar-refractivity contribution in [2.75, 3.05) is 79.0 Å². The van der Waals surface area contributed by atoms with E-state index in [1.807, 2.05) is 174 Å². The first-order chi connectivity index (χ1) is 60.8. The molecule has 129 heavy (non-hydrogen) atoms. The molecular weight excluding hydrogens is 1710 g/mol. The number of sulfonamides is 3. The van der Waals surface area contributed by atoms with Crippen molar-refractivity contribution in [1.82, 2.24) is 62.0 Å². The van der Waals surface area contributed by atoms with Gasteiger partial charge in [-0.05, 0) is 147 Å². The third-order valence-electron chi connectivity index (χ3n) is 20.3. The summed E-state index contributed by atoms with van der Waals surface area (Å²) in [5, 5.41) is 63.3. The first kappa shape index (κ1) is 111. The van der Waals surface area contributed by atoms with Gasteiger partial charge >= 0.3 is 0 Å². The Hall–Kier alpha value is -9.96. The van der Waals surface area contributed by atoms with Gasteiger partial charge in [-0.1, -0.05) is 194 Å². The van der Waals surface area contributed by atoms with Gasteiger partial charge in [0.05, 0.1) is 51.1 Å². The van der Waals surface area contributed by atoms with Crippen LogP contribution in [0.1, 0.15) is 240 Å². The first-order valence-corrected chi connectivity index (χ1v) is 49.1. The molecule has 0 aliphatic heterocycles. The molecule has 0 saturated heterocycles. The van der Waals surface area contributed by atoms with Gasteiger partial charge in [-0.2, -0.15) is 0 Å². The van der Waals surface area contributed by atoms with Crippen LogP contribution in [0.4, 0.5) is 0 Å². The second-order valence-corrected chi connectivity index (χ2v) is 38.1. The van der Waals surface area contributed by atoms with Crippen molar-refractivity contribution in [1.29, 1.82) is 0 Å². The standard InChI is InChI=1S/C32H49N5O6S.C31H47N5O6S.C30H45N5O6S/c1-6-9-17-37(35-30(39)23(4)5)22-29(38)28(18-24-13-11-10-12-14-24)34-31(40)25-19-26(21-27(20-25)44(33,42)43)32(41)36(15-7-2)16-8-3;1-6-14-35(15-7-2)31(40)25-18-24(19-26(20-25)43(32,41)42)30(39)33-27(17-23-12-10-9-11-13-23)28(37)21-36(8-3)34-29(38)16-22(4)5;1-6-13-35(14-7-2)30(39)24-17-23(18-25(19-24)42(31,40)41)29(38)32-26(16-22-11-9-8-10-12-22)27(36)20-34(5)33-28(37)15-21(3)4/h10-14,19-21,23,28-29,38H,6-9,15-18,22H2,1-5H3,(H,34,40)(H,35,39)(H2,33,42,43);9-13,18-20,22,27-28,37H,6-8,14-17,21H2,1-5H3,(H,33,39)(H,34,38)(H2,32,41,42);8-12,17-19,21,26-27,36H,6-7,13-16,20H2,1-5H3,(H,32,38)(H,33,37)(H2,31,40,41). The Bertz CT molecular complexity index is 4900. The number of benzene rings is 6. The molecular formula is C93H141N15O18S3. The van der Waals surface area contributed by atoms with E-state index in [1.165, 1.54) is 41.4 Å². The quantitative estimate of drug-likeness (QED) is 0.0160. The number of nitrogens with two attached hydrogens (primary N) is 3. The zero-order valence-electron chi connectivity index (χ0n) is 77.6. The fourth-order valence-corrected chi connectivity index (χ4v) is 15.6. The van der Waals surface area contributed by atoms with Crippen LogP contribution in [0.5, 0.6) is 0 Å². The number of hydrogen-bond donors (Lipinski definition) is 12. The molecule has 0 heterocycles. The average Bonchev–Trinajstić information content (AvgIpc) is 0.804. The fraction of sp³-hybridized carbons (Fsp3) is 0.516. The number of likely N-dealkylation sites (N-methyl/N-ethyl adjacent to an activating group) is 2. The number of carbonyl (C=O) groups excluding carboxylic acids is 9. The van der Waals surface area contributed by atoms with E-state index in [0.29, 0.717) is 104 Å². The Labute approximate surface area is 763 Å². The highest BCUT2D eigenvalue weighted by molar-refractivity contribution is 7.89. The lowest BCUT2D eigenvalue weighted by Crippen LogP contribution is -2.54. The van der Waals surface area contributed by atoms with E-state index in [0.717, 1.165) is 47.7 Å². The summed E-state index contributed by atoms with van der Waals surface area (Å²) in [5.41, 5.74) is 10.8. The van der Waals surface area contributed by atoms with Crippen LogP contribution >= 0.6 is 0 Å². The molecule has 33 nitrogen and oxygen atoms in total. The molecule has 0 aliphatic carbocycles. The molecule has 0 aliphatic rings. The minimum absolute atomic E-state index is 0.00552. The summed E-state index contributed by atoms with van der Waals surface area (Å²) in [4.78, 5) is 122. The number of amides is 9. The van der Waals surface area contributed by atoms with Crippen LogP contribution in [0.25, 0.3) is 0 Å². The number of nitrogens with zero attached hydrogens (tertiary/aromatic N) is 6. The van der Waals surface area contributed by atoms with Crippen molar-refractivity contribution in [2.24, 2.45) is 33.2 Å². The number of carbonyl (C=O) groups is 9. The lowest BCUT2D eigenvalue weighted by Gasteiger charge is -2.31. The topological polar surface area (TPSA) is 486 Å². The second-order valence-electron chi connectivity index (χ2n) is 33.4. The predicted octanol–water partition coefficient (Wildman–Crippen LogP) is 8.09. The van der Waals surface area contributed by atoms with E-state index in [2.05, 4.69) is 32.2 Å². The summed E-state index contributed by atoms with van der Waals surface area (Å²) in [5.74, 6) is -3.73. The first-order valence-electron chi connectivity index (χ1n) is 44.4. The van der Waals surface area contributed by atoms with Crippen LogP contribution in [-0.4, -0.2) is 239 Å². The van der Waals surface area contributed by atoms with E-state index in [9.17, 15) is 83.7 Å². The van der Waals surface area contributed by atoms with Gasteiger partial charge in [-0.25, -0.2) is 55.7 Å². The monoisotopic (exact) mass is 1850 g/mol. The number of rotatable bonds is 51. The molecule has 9 amide bonds. The number of aliphatic hydroxyl groups excluding tert-OH is 3. The van der Waals surface area contributed by atoms with Crippen molar-refractivity contribution in [3.63, 3.8) is 0 Å². The number of hydrazine groups is 3. The van der Waals surface area contributed by atoms with Gasteiger partial charge in [0.2, 0.25) is 47.8 Å². The molecule has 0 fully saturated rings. The van der Waals surface area contributed by atoms with Crippen LogP contribution in [0.2, 0.25) is 0 Å². The Balaban J connectivity index is 0.000000405. The Kier molecular flexibility index (Phi) is 48.3. The van der Waals surface area contributed by atoms with Gasteiger partial charge < -0.3 is 46.0 Å². The van der Waals surface area contributed by atoms with E-state index in [1.54, 1.807) is 45.6 Å². The summed E-state index contributed by atoms with van der Waals surface area (Å²) in [6, 6.07) is 36.3. The van der Waals surface area contributed by atoms with Gasteiger partial charge in [0.25, 0.3) is 35.4 Å². The molecule has 0 radical (unpaired) electrons. The zero-order valence-corrected chi connectivity index (χ0v) is 80.1. The summed E-state index contributed by atoms with van der Waals surface area (Å²) >= 11 is 0. The van der Waals surface area contributed by atoms with E-state index in [4.69, 9.17) is 15.4 Å². The molecule has 15 N–H and O–H groups in total. The van der Waals surface area contributed by atoms with E-state index in [-0.39, 0.29) is 122 Å². The van der Waals surface area contributed by atoms with Gasteiger partial charge in [0.15, 0.2) is 0 Å². The molecule has 0 saturated carbocycles. The minimum atomic E-state index is -4.25. The number of unbranched alkanes of at least 4 members (excludes halogenated alkanes) is 1. The zero-order chi connectivity index (χ0) is 96.5. The van der Waals surface area contributed by atoms with Gasteiger partial charge in [0.1, 0.15) is 0 Å². The second kappa shape index (κ2) is 55.9. The SMILES string of the molecule is CCCCN(CC(O)C(Cc1ccccc1)NC(=O)c1cc(C(=O)N(CCC)CCC)cc(S(N)(=O)=O)c1)NC(=O)C(C)C.CCCN(CCC)C(=O)c1cc(C(=O)NC(Cc2ccccc2)C(O)CN(C)NC(=O)CC(C)C)cc(S(N)(=O)=O)c1.CCCN(CCC)C(=O)c1cc(C(=O)NC(Cc2ccccc2)C(O)CN(CC)NC(=O)CC(C)C)cc(S(N)(=O)=O)c1. The summed E-state index contributed by atoms with van der Waals surface area (Å²) in [6.07, 6.45) is 3.97. The maximum Gasteiger partial charge on any atom is 0.253 e. The molecule has 36 heteroatoms. The molecule has 714 valence electrons. The average molecular weight is 1850 g/mol. The molecule has 0 spiro atoms. The van der Waals surface area contributed by atoms with Crippen molar-refractivity contribution in [3.8, 4) is 0 Å². The highest BCUT2D eigenvalue weighted by atomic mass is 32.2. The highest BCUT2D eigenvalue weighted by Gasteiger charge is 2.33. The van der Waals surface area contributed by atoms with Crippen LogP contribution < -0.4 is 47.6 Å². The predicted molar refractivity (Wildman–Crippen MR) is 500 cm³/mol. The van der Waals surface area contributed by atoms with Crippen LogP contribution in [0, 0.1) is 17.8 Å². The Morgan fingerprint density at radius 3 is 0.899 bits per heavy atom. The molecule has 0 bridgehead atoms. The van der Waals surface area contributed by atoms with Gasteiger partial charge in [-0.3, -0.25) is 59.4 Å². The minimum Gasteiger partial charge on any atom is -0.390 e. The third kappa shape index (κ3) is 39.7. The molecule has 6 aromatic carbocycles. The van der Waals surface area contributed by atoms with Crippen LogP contribution in [-0.2, 0) is 63.7 Å². The van der Waals surface area contributed by atoms with Crippen molar-refractivity contribution in [2.45, 2.75) is 232 Å². The number of primary sulfonamides is 3. The Morgan fingerprint density at radius 1 is 0.357 bits per heavy atom. The smallest absolute Gasteiger partial charge is 0.253 e. The number of hydrogen-bond acceptors (Lipinski definition) is 21. The molecule has 6 atom stereocenters. The maximum atomic E-state index is 13.7. The summed E-state index contributed by atoms with van der Waals surface area (Å²) in [6.45, 7) is 30.6. The fourth-order valence-electron chi connectivity index (χ4n) is 13.8.